The summed E-state index contributed by atoms with van der Waals surface area (Å²) >= 11 is 6.02. The zero-order valence-electron chi connectivity index (χ0n) is 12.2. The van der Waals surface area contributed by atoms with Gasteiger partial charge in [-0.3, -0.25) is 0 Å². The lowest BCUT2D eigenvalue weighted by atomic mass is 9.85. The van der Waals surface area contributed by atoms with Crippen molar-refractivity contribution in [2.45, 2.75) is 43.9 Å². The first-order valence-electron chi connectivity index (χ1n) is 7.24. The van der Waals surface area contributed by atoms with Crippen molar-refractivity contribution in [1.29, 1.82) is 0 Å². The topological polar surface area (TPSA) is 46.5 Å². The number of rotatable bonds is 3. The first-order valence-corrected chi connectivity index (χ1v) is 7.62. The van der Waals surface area contributed by atoms with Crippen LogP contribution in [-0.4, -0.2) is 22.9 Å². The molecule has 1 fully saturated rings. The zero-order valence-corrected chi connectivity index (χ0v) is 13.0. The van der Waals surface area contributed by atoms with Crippen LogP contribution in [0.15, 0.2) is 17.7 Å². The molecule has 0 saturated heterocycles. The molecule has 7 heteroatoms. The van der Waals surface area contributed by atoms with Gasteiger partial charge in [-0.15, -0.1) is 0 Å². The van der Waals surface area contributed by atoms with Crippen LogP contribution in [0, 0.1) is 0 Å². The van der Waals surface area contributed by atoms with Gasteiger partial charge < -0.3 is 9.84 Å². The van der Waals surface area contributed by atoms with Crippen LogP contribution in [0.5, 0.6) is 5.75 Å². The van der Waals surface area contributed by atoms with Crippen LogP contribution in [-0.2, 0) is 4.79 Å². The number of ether oxygens (including phenoxy) is 1. The van der Waals surface area contributed by atoms with Crippen molar-refractivity contribution >= 4 is 23.6 Å². The number of carbonyl (C=O) groups is 1. The highest BCUT2D eigenvalue weighted by molar-refractivity contribution is 6.31. The second kappa shape index (κ2) is 5.16. The molecule has 1 aromatic carbocycles. The van der Waals surface area contributed by atoms with Gasteiger partial charge in [0.25, 0.3) is 0 Å². The zero-order chi connectivity index (χ0) is 17.0. The van der Waals surface area contributed by atoms with E-state index in [0.29, 0.717) is 10.6 Å². The quantitative estimate of drug-likeness (QED) is 0.856. The molecule has 3 rings (SSSR count). The minimum Gasteiger partial charge on any atom is -0.478 e. The maximum absolute atomic E-state index is 13.7. The maximum Gasteiger partial charge on any atom is 0.432 e. The van der Waals surface area contributed by atoms with Gasteiger partial charge in [-0.1, -0.05) is 18.5 Å². The molecule has 0 radical (unpaired) electrons. The van der Waals surface area contributed by atoms with Crippen molar-refractivity contribution in [3.8, 4) is 5.75 Å². The van der Waals surface area contributed by atoms with Crippen molar-refractivity contribution in [2.75, 3.05) is 0 Å². The van der Waals surface area contributed by atoms with Crippen LogP contribution >= 0.6 is 11.6 Å². The smallest absolute Gasteiger partial charge is 0.432 e. The lowest BCUT2D eigenvalue weighted by molar-refractivity contribution is -0.236. The average molecular weight is 347 g/mol. The van der Waals surface area contributed by atoms with Crippen molar-refractivity contribution in [1.82, 2.24) is 0 Å². The van der Waals surface area contributed by atoms with Gasteiger partial charge in [0.15, 0.2) is 0 Å². The molecule has 124 valence electrons. The molecule has 1 N–H and O–H groups in total. The van der Waals surface area contributed by atoms with E-state index in [1.165, 1.54) is 13.0 Å². The van der Waals surface area contributed by atoms with Crippen molar-refractivity contribution in [2.24, 2.45) is 0 Å². The molecule has 1 aliphatic heterocycles. The lowest BCUT2D eigenvalue weighted by Gasteiger charge is -2.39. The highest BCUT2D eigenvalue weighted by atomic mass is 35.5. The Morgan fingerprint density at radius 3 is 2.57 bits per heavy atom. The Kier molecular flexibility index (Phi) is 3.63. The Balaban J connectivity index is 2.25. The molecule has 0 aromatic heterocycles. The molecule has 1 heterocycles. The average Bonchev–Trinajstić information content (AvgIpc) is 3.28. The van der Waals surface area contributed by atoms with E-state index in [-0.39, 0.29) is 17.2 Å². The van der Waals surface area contributed by atoms with Gasteiger partial charge in [0.2, 0.25) is 5.60 Å². The van der Waals surface area contributed by atoms with Crippen LogP contribution < -0.4 is 4.74 Å². The standard InChI is InChI=1S/C16H14ClF3O3/c1-2-15(16(18,19)20)12(14(21)22)6-9-5-10(17)7-11(8-3-4-8)13(9)23-15/h5-8H,2-4H2,1H3,(H,21,22). The van der Waals surface area contributed by atoms with Gasteiger partial charge in [-0.25, -0.2) is 4.79 Å². The number of carboxylic acid groups (broad SMARTS) is 1. The summed E-state index contributed by atoms with van der Waals surface area (Å²) in [6, 6.07) is 3.04. The van der Waals surface area contributed by atoms with E-state index in [1.54, 1.807) is 6.07 Å². The van der Waals surface area contributed by atoms with E-state index in [4.69, 9.17) is 16.3 Å². The number of carboxylic acids is 1. The molecule has 23 heavy (non-hydrogen) atoms. The fourth-order valence-electron chi connectivity index (χ4n) is 2.97. The third-order valence-corrected chi connectivity index (χ3v) is 4.54. The van der Waals surface area contributed by atoms with Gasteiger partial charge >= 0.3 is 12.1 Å². The summed E-state index contributed by atoms with van der Waals surface area (Å²) in [5.41, 5.74) is -2.76. The Hall–Kier alpha value is -1.69. The van der Waals surface area contributed by atoms with Crippen LogP contribution in [0.2, 0.25) is 5.02 Å². The van der Waals surface area contributed by atoms with Crippen molar-refractivity contribution < 1.29 is 27.8 Å². The summed E-state index contributed by atoms with van der Waals surface area (Å²) in [6.45, 7) is 1.27. The summed E-state index contributed by atoms with van der Waals surface area (Å²) in [5, 5.41) is 9.63. The maximum atomic E-state index is 13.7. The summed E-state index contributed by atoms with van der Waals surface area (Å²) < 4.78 is 46.4. The molecule has 1 saturated carbocycles. The van der Waals surface area contributed by atoms with E-state index < -0.39 is 29.7 Å². The second-order valence-electron chi connectivity index (χ2n) is 5.83. The summed E-state index contributed by atoms with van der Waals surface area (Å²) in [5.74, 6) is -1.44. The number of hydrogen-bond donors (Lipinski definition) is 1. The van der Waals surface area contributed by atoms with Crippen LogP contribution in [0.1, 0.15) is 43.2 Å². The highest BCUT2D eigenvalue weighted by Crippen LogP contribution is 2.53. The largest absolute Gasteiger partial charge is 0.478 e. The van der Waals surface area contributed by atoms with Crippen LogP contribution in [0.4, 0.5) is 13.2 Å². The Morgan fingerprint density at radius 2 is 2.09 bits per heavy atom. The number of hydrogen-bond acceptors (Lipinski definition) is 2. The fraction of sp³-hybridized carbons (Fsp3) is 0.438. The molecule has 1 unspecified atom stereocenters. The van der Waals surface area contributed by atoms with Crippen LogP contribution in [0.25, 0.3) is 6.08 Å². The number of fused-ring (bicyclic) bond motifs is 1. The molecular formula is C16H14ClF3O3. The molecule has 0 bridgehead atoms. The molecule has 1 aliphatic carbocycles. The summed E-state index contributed by atoms with van der Waals surface area (Å²) in [7, 11) is 0. The van der Waals surface area contributed by atoms with Gasteiger partial charge in [-0.2, -0.15) is 13.2 Å². The molecule has 0 spiro atoms. The summed E-state index contributed by atoms with van der Waals surface area (Å²) in [4.78, 5) is 11.4. The SMILES string of the molecule is CCC1(C(F)(F)F)Oc2c(cc(Cl)cc2C2CC2)C=C1C(=O)O. The van der Waals surface area contributed by atoms with Crippen molar-refractivity contribution in [3.05, 3.63) is 33.9 Å². The Labute approximate surface area is 135 Å². The lowest BCUT2D eigenvalue weighted by Crippen LogP contribution is -2.54. The second-order valence-corrected chi connectivity index (χ2v) is 6.27. The predicted octanol–water partition coefficient (Wildman–Crippen LogP) is 4.79. The Bertz CT molecular complexity index is 707. The van der Waals surface area contributed by atoms with Gasteiger partial charge in [0, 0.05) is 10.6 Å². The summed E-state index contributed by atoms with van der Waals surface area (Å²) in [6.07, 6.45) is -2.62. The molecule has 3 nitrogen and oxygen atoms in total. The van der Waals surface area contributed by atoms with E-state index in [0.717, 1.165) is 18.9 Å². The molecule has 2 aliphatic rings. The third-order valence-electron chi connectivity index (χ3n) is 4.33. The van der Waals surface area contributed by atoms with Gasteiger partial charge in [-0.05, 0) is 49.0 Å². The number of alkyl halides is 3. The predicted molar refractivity (Wildman–Crippen MR) is 78.7 cm³/mol. The minimum atomic E-state index is -4.84. The van der Waals surface area contributed by atoms with E-state index in [2.05, 4.69) is 0 Å². The van der Waals surface area contributed by atoms with Gasteiger partial charge in [0.1, 0.15) is 5.75 Å². The molecule has 1 aromatic rings. The molecule has 0 amide bonds. The highest BCUT2D eigenvalue weighted by Gasteiger charge is 2.62. The number of aliphatic carboxylic acids is 1. The molecule has 1 atom stereocenters. The number of benzene rings is 1. The van der Waals surface area contributed by atoms with E-state index in [9.17, 15) is 23.1 Å². The Morgan fingerprint density at radius 1 is 1.43 bits per heavy atom. The monoisotopic (exact) mass is 346 g/mol. The van der Waals surface area contributed by atoms with Crippen molar-refractivity contribution in [3.63, 3.8) is 0 Å². The van der Waals surface area contributed by atoms with Gasteiger partial charge in [0.05, 0.1) is 5.57 Å². The van der Waals surface area contributed by atoms with Crippen LogP contribution in [0.3, 0.4) is 0 Å². The van der Waals surface area contributed by atoms with E-state index in [1.807, 2.05) is 0 Å². The first kappa shape index (κ1) is 16.2. The number of halogens is 4. The van der Waals surface area contributed by atoms with E-state index >= 15 is 0 Å². The third kappa shape index (κ3) is 2.49. The minimum absolute atomic E-state index is 0.0982. The molecular weight excluding hydrogens is 333 g/mol. The first-order chi connectivity index (χ1) is 10.7. The normalized spacial score (nSPS) is 23.8. The fourth-order valence-corrected chi connectivity index (χ4v) is 3.20.